The van der Waals surface area contributed by atoms with Crippen molar-refractivity contribution < 1.29 is 19.9 Å². The Morgan fingerprint density at radius 3 is 2.50 bits per heavy atom. The molecule has 0 aromatic heterocycles. The number of carboxylic acid groups (broad SMARTS) is 1. The van der Waals surface area contributed by atoms with Crippen LogP contribution in [0.1, 0.15) is 13.3 Å². The number of hydrogen-bond acceptors (Lipinski definition) is 5. The van der Waals surface area contributed by atoms with Gasteiger partial charge in [0.2, 0.25) is 0 Å². The van der Waals surface area contributed by atoms with Gasteiger partial charge < -0.3 is 26.2 Å². The lowest BCUT2D eigenvalue weighted by Gasteiger charge is -2.15. The third-order valence-electron chi connectivity index (χ3n) is 1.70. The summed E-state index contributed by atoms with van der Waals surface area (Å²) in [6.45, 7) is 2.14. The van der Waals surface area contributed by atoms with Crippen LogP contribution < -0.4 is 11.1 Å². The molecule has 0 bridgehead atoms. The molecule has 0 aromatic carbocycles. The highest BCUT2D eigenvalue weighted by atomic mass is 16.4. The lowest BCUT2D eigenvalue weighted by molar-refractivity contribution is -0.139. The normalized spacial score (nSPS) is 14.9. The highest BCUT2D eigenvalue weighted by molar-refractivity contribution is 6.40. The van der Waals surface area contributed by atoms with Gasteiger partial charge in [0.05, 0.1) is 0 Å². The van der Waals surface area contributed by atoms with Crippen molar-refractivity contribution in [3.05, 3.63) is 0 Å². The second-order valence-electron chi connectivity index (χ2n) is 3.33. The Morgan fingerprint density at radius 1 is 1.57 bits per heavy atom. The van der Waals surface area contributed by atoms with Crippen LogP contribution in [0.2, 0.25) is 6.32 Å². The largest absolute Gasteiger partial charge is 0.480 e. The van der Waals surface area contributed by atoms with Gasteiger partial charge in [0.15, 0.2) is 0 Å². The number of nitrogens with one attached hydrogen (secondary N) is 1. The fourth-order valence-corrected chi connectivity index (χ4v) is 0.957. The summed E-state index contributed by atoms with van der Waals surface area (Å²) in [6, 6.07) is -0.904. The van der Waals surface area contributed by atoms with E-state index < -0.39 is 19.1 Å². The van der Waals surface area contributed by atoms with Gasteiger partial charge >= 0.3 is 13.1 Å². The zero-order valence-corrected chi connectivity index (χ0v) is 8.18. The Bertz CT molecular complexity index is 165. The molecule has 2 atom stereocenters. The average Bonchev–Trinajstić information content (AvgIpc) is 2.02. The number of hydrogen-bond donors (Lipinski definition) is 5. The molecule has 0 aliphatic carbocycles. The highest BCUT2D eigenvalue weighted by Crippen LogP contribution is 2.00. The molecule has 0 rings (SSSR count). The molecule has 7 heteroatoms. The maximum atomic E-state index is 10.7. The van der Waals surface area contributed by atoms with Gasteiger partial charge in [0, 0.05) is 12.6 Å². The first kappa shape index (κ1) is 13.4. The minimum absolute atomic E-state index is 0.0307. The van der Waals surface area contributed by atoms with E-state index in [2.05, 4.69) is 5.32 Å². The lowest BCUT2D eigenvalue weighted by atomic mass is 9.82. The second-order valence-corrected chi connectivity index (χ2v) is 3.33. The Kier molecular flexibility index (Phi) is 6.47. The maximum absolute atomic E-state index is 10.7. The van der Waals surface area contributed by atoms with Gasteiger partial charge in [-0.05, 0) is 19.7 Å². The predicted molar refractivity (Wildman–Crippen MR) is 52.7 cm³/mol. The molecule has 82 valence electrons. The van der Waals surface area contributed by atoms with Crippen molar-refractivity contribution in [3.8, 4) is 0 Å². The van der Waals surface area contributed by atoms with E-state index in [-0.39, 0.29) is 18.8 Å². The molecule has 0 heterocycles. The molecular weight excluding hydrogens is 187 g/mol. The van der Waals surface area contributed by atoms with E-state index in [0.29, 0.717) is 6.54 Å². The van der Waals surface area contributed by atoms with E-state index in [1.165, 1.54) is 0 Å². The first-order valence-electron chi connectivity index (χ1n) is 4.51. The van der Waals surface area contributed by atoms with Gasteiger partial charge in [-0.1, -0.05) is 0 Å². The number of aliphatic carboxylic acids is 1. The van der Waals surface area contributed by atoms with Crippen LogP contribution in [0.25, 0.3) is 0 Å². The van der Waals surface area contributed by atoms with E-state index in [0.717, 1.165) is 0 Å². The van der Waals surface area contributed by atoms with Crippen LogP contribution in [-0.2, 0) is 4.79 Å². The van der Waals surface area contributed by atoms with Crippen LogP contribution in [-0.4, -0.2) is 46.9 Å². The molecule has 6 nitrogen and oxygen atoms in total. The predicted octanol–water partition coefficient (Wildman–Crippen LogP) is -1.76. The zero-order valence-electron chi connectivity index (χ0n) is 8.18. The fourth-order valence-electron chi connectivity index (χ4n) is 0.957. The number of carbonyl (C=O) groups is 1. The fraction of sp³-hybridized carbons (Fsp3) is 0.857. The van der Waals surface area contributed by atoms with Gasteiger partial charge in [0.1, 0.15) is 6.04 Å². The van der Waals surface area contributed by atoms with E-state index in [9.17, 15) is 4.79 Å². The zero-order chi connectivity index (χ0) is 11.1. The molecule has 0 radical (unpaired) electrons. The van der Waals surface area contributed by atoms with Crippen molar-refractivity contribution in [2.45, 2.75) is 31.7 Å². The van der Waals surface area contributed by atoms with Crippen LogP contribution in [0.5, 0.6) is 0 Å². The maximum Gasteiger partial charge on any atom is 0.451 e. The van der Waals surface area contributed by atoms with Crippen LogP contribution in [0.15, 0.2) is 0 Å². The molecule has 0 aliphatic heterocycles. The van der Waals surface area contributed by atoms with E-state index in [4.69, 9.17) is 20.9 Å². The third-order valence-corrected chi connectivity index (χ3v) is 1.70. The van der Waals surface area contributed by atoms with Crippen molar-refractivity contribution >= 4 is 13.1 Å². The number of rotatable bonds is 7. The summed E-state index contributed by atoms with van der Waals surface area (Å²) in [7, 11) is -1.46. The highest BCUT2D eigenvalue weighted by Gasteiger charge is 2.19. The Labute approximate surface area is 83.3 Å². The van der Waals surface area contributed by atoms with Gasteiger partial charge in [-0.3, -0.25) is 4.79 Å². The summed E-state index contributed by atoms with van der Waals surface area (Å²) in [5, 5.41) is 28.6. The quantitative estimate of drug-likeness (QED) is 0.314. The van der Waals surface area contributed by atoms with Gasteiger partial charge in [-0.15, -0.1) is 0 Å². The van der Waals surface area contributed by atoms with Crippen molar-refractivity contribution in [3.63, 3.8) is 0 Å². The summed E-state index contributed by atoms with van der Waals surface area (Å²) in [5.41, 5.74) is 5.44. The molecule has 0 aromatic rings. The number of nitrogens with two attached hydrogens (primary N) is 1. The second kappa shape index (κ2) is 6.77. The number of carboxylic acids is 1. The Morgan fingerprint density at radius 2 is 2.14 bits per heavy atom. The molecule has 0 fully saturated rings. The van der Waals surface area contributed by atoms with E-state index >= 15 is 0 Å². The van der Waals surface area contributed by atoms with Crippen molar-refractivity contribution in [2.24, 2.45) is 5.73 Å². The first-order valence-corrected chi connectivity index (χ1v) is 4.51. The minimum Gasteiger partial charge on any atom is -0.480 e. The molecule has 14 heavy (non-hydrogen) atoms. The summed E-state index contributed by atoms with van der Waals surface area (Å²) < 4.78 is 0. The van der Waals surface area contributed by atoms with Crippen LogP contribution in [0.3, 0.4) is 0 Å². The van der Waals surface area contributed by atoms with Crippen LogP contribution in [0, 0.1) is 0 Å². The molecule has 0 amide bonds. The molecule has 0 saturated carbocycles. The van der Waals surface area contributed by atoms with Crippen molar-refractivity contribution in [2.75, 3.05) is 6.54 Å². The molecule has 0 unspecified atom stereocenters. The average molecular weight is 204 g/mol. The monoisotopic (exact) mass is 204 g/mol. The van der Waals surface area contributed by atoms with Gasteiger partial charge in [0.25, 0.3) is 0 Å². The Balaban J connectivity index is 3.84. The van der Waals surface area contributed by atoms with Crippen LogP contribution >= 0.6 is 0 Å². The summed E-state index contributed by atoms with van der Waals surface area (Å²) in [6.07, 6.45) is 0.197. The molecule has 0 aliphatic rings. The minimum atomic E-state index is -1.46. The SMILES string of the molecule is C[C@@H](N)CN[C@H](CCB(O)O)C(=O)O. The third kappa shape index (κ3) is 6.84. The van der Waals surface area contributed by atoms with Gasteiger partial charge in [-0.2, -0.15) is 0 Å². The molecule has 0 saturated heterocycles. The van der Waals surface area contributed by atoms with Crippen molar-refractivity contribution in [1.29, 1.82) is 0 Å². The van der Waals surface area contributed by atoms with Crippen molar-refractivity contribution in [1.82, 2.24) is 5.32 Å². The molecule has 6 N–H and O–H groups in total. The Hall–Kier alpha value is -0.625. The van der Waals surface area contributed by atoms with E-state index in [1.807, 2.05) is 0 Å². The molecular formula is C7H17BN2O4. The summed E-state index contributed by atoms with van der Waals surface area (Å²) >= 11 is 0. The van der Waals surface area contributed by atoms with Gasteiger partial charge in [-0.25, -0.2) is 0 Å². The van der Waals surface area contributed by atoms with E-state index in [1.54, 1.807) is 6.92 Å². The molecule has 0 spiro atoms. The smallest absolute Gasteiger partial charge is 0.451 e. The summed E-state index contributed by atoms with van der Waals surface area (Å²) in [4.78, 5) is 10.7. The lowest BCUT2D eigenvalue weighted by Crippen LogP contribution is -2.43. The standard InChI is InChI=1S/C7H17BN2O4/c1-5(9)4-10-6(7(11)12)2-3-8(13)14/h5-6,10,13-14H,2-4,9H2,1H3,(H,11,12)/t5-,6-/m1/s1. The van der Waals surface area contributed by atoms with Crippen LogP contribution in [0.4, 0.5) is 0 Å². The topological polar surface area (TPSA) is 116 Å². The first-order chi connectivity index (χ1) is 6.43. The summed E-state index contributed by atoms with van der Waals surface area (Å²) in [5.74, 6) is -1.01.